The maximum absolute atomic E-state index is 6.25. The van der Waals surface area contributed by atoms with Crippen LogP contribution in [0.1, 0.15) is 17.0 Å². The van der Waals surface area contributed by atoms with Crippen molar-refractivity contribution in [3.05, 3.63) is 44.6 Å². The Morgan fingerprint density at radius 1 is 1.39 bits per heavy atom. The molecule has 0 aliphatic carbocycles. The molecule has 2 N–H and O–H groups in total. The molecule has 2 aromatic rings. The van der Waals surface area contributed by atoms with Crippen molar-refractivity contribution in [1.82, 2.24) is 9.78 Å². The van der Waals surface area contributed by atoms with Crippen molar-refractivity contribution in [2.24, 2.45) is 5.73 Å². The van der Waals surface area contributed by atoms with Gasteiger partial charge in [0.2, 0.25) is 0 Å². The molecule has 0 amide bonds. The largest absolute Gasteiger partial charge is 0.330 e. The third-order valence-electron chi connectivity index (χ3n) is 2.92. The van der Waals surface area contributed by atoms with Crippen LogP contribution in [0, 0.1) is 13.8 Å². The topological polar surface area (TPSA) is 43.8 Å². The van der Waals surface area contributed by atoms with E-state index in [1.54, 1.807) is 0 Å². The second-order valence-electron chi connectivity index (χ2n) is 4.17. The van der Waals surface area contributed by atoms with Crippen molar-refractivity contribution in [3.63, 3.8) is 0 Å². The molecule has 0 aliphatic rings. The number of halogens is 2. The monoisotopic (exact) mass is 327 g/mol. The van der Waals surface area contributed by atoms with Gasteiger partial charge in [0, 0.05) is 5.02 Å². The Morgan fingerprint density at radius 2 is 2.11 bits per heavy atom. The first-order chi connectivity index (χ1) is 8.56. The Labute approximate surface area is 120 Å². The lowest BCUT2D eigenvalue weighted by molar-refractivity contribution is 0.813. The summed E-state index contributed by atoms with van der Waals surface area (Å²) in [6, 6.07) is 5.83. The fraction of sp³-hybridized carbons (Fsp3) is 0.308. The highest BCUT2D eigenvalue weighted by atomic mass is 79.9. The smallest absolute Gasteiger partial charge is 0.0743 e. The Balaban J connectivity index is 2.63. The van der Waals surface area contributed by atoms with Crippen molar-refractivity contribution in [2.45, 2.75) is 20.3 Å². The third kappa shape index (κ3) is 2.32. The van der Waals surface area contributed by atoms with E-state index in [2.05, 4.69) is 21.0 Å². The van der Waals surface area contributed by atoms with E-state index in [4.69, 9.17) is 17.3 Å². The summed E-state index contributed by atoms with van der Waals surface area (Å²) in [6.45, 7) is 4.56. The van der Waals surface area contributed by atoms with Crippen molar-refractivity contribution in [2.75, 3.05) is 6.54 Å². The van der Waals surface area contributed by atoms with E-state index in [-0.39, 0.29) is 0 Å². The SMILES string of the molecule is Cc1nn(-c2cccc(Cl)c2CCN)c(C)c1Br. The summed E-state index contributed by atoms with van der Waals surface area (Å²) in [7, 11) is 0. The summed E-state index contributed by atoms with van der Waals surface area (Å²) in [6.07, 6.45) is 0.741. The summed E-state index contributed by atoms with van der Waals surface area (Å²) < 4.78 is 2.94. The predicted molar refractivity (Wildman–Crippen MR) is 78.5 cm³/mol. The average Bonchev–Trinajstić information content (AvgIpc) is 2.60. The van der Waals surface area contributed by atoms with Gasteiger partial charge in [-0.1, -0.05) is 17.7 Å². The number of rotatable bonds is 3. The third-order valence-corrected chi connectivity index (χ3v) is 4.42. The molecule has 2 rings (SSSR count). The number of aromatic nitrogens is 2. The van der Waals surface area contributed by atoms with E-state index >= 15 is 0 Å². The molecule has 96 valence electrons. The molecule has 0 saturated heterocycles. The molecule has 0 aliphatic heterocycles. The van der Waals surface area contributed by atoms with Crippen molar-refractivity contribution in [1.29, 1.82) is 0 Å². The second kappa shape index (κ2) is 5.43. The first-order valence-corrected chi connectivity index (χ1v) is 6.93. The van der Waals surface area contributed by atoms with Gasteiger partial charge in [0.25, 0.3) is 0 Å². The molecule has 3 nitrogen and oxygen atoms in total. The van der Waals surface area contributed by atoms with Crippen LogP contribution in [0.2, 0.25) is 5.02 Å². The fourth-order valence-corrected chi connectivity index (χ4v) is 2.51. The Kier molecular flexibility index (Phi) is 4.10. The van der Waals surface area contributed by atoms with Gasteiger partial charge in [-0.3, -0.25) is 0 Å². The van der Waals surface area contributed by atoms with Gasteiger partial charge in [-0.05, 0) is 60.4 Å². The summed E-state index contributed by atoms with van der Waals surface area (Å²) in [4.78, 5) is 0. The van der Waals surface area contributed by atoms with Gasteiger partial charge in [-0.2, -0.15) is 5.10 Å². The van der Waals surface area contributed by atoms with Crippen LogP contribution in [-0.4, -0.2) is 16.3 Å². The lowest BCUT2D eigenvalue weighted by Gasteiger charge is -2.12. The number of aryl methyl sites for hydroxylation is 1. The lowest BCUT2D eigenvalue weighted by Crippen LogP contribution is -2.09. The highest BCUT2D eigenvalue weighted by molar-refractivity contribution is 9.10. The van der Waals surface area contributed by atoms with Crippen molar-refractivity contribution in [3.8, 4) is 5.69 Å². The number of hydrogen-bond acceptors (Lipinski definition) is 2. The highest BCUT2D eigenvalue weighted by Gasteiger charge is 2.14. The summed E-state index contributed by atoms with van der Waals surface area (Å²) >= 11 is 9.79. The van der Waals surface area contributed by atoms with Crippen LogP contribution in [0.15, 0.2) is 22.7 Å². The summed E-state index contributed by atoms with van der Waals surface area (Å²) in [5, 5.41) is 5.27. The molecule has 1 aromatic carbocycles. The molecule has 1 heterocycles. The number of nitrogens with zero attached hydrogens (tertiary/aromatic N) is 2. The Hall–Kier alpha value is -0.840. The zero-order valence-corrected chi connectivity index (χ0v) is 12.7. The maximum atomic E-state index is 6.25. The minimum atomic E-state index is 0.567. The zero-order valence-electron chi connectivity index (χ0n) is 10.4. The number of nitrogens with two attached hydrogens (primary N) is 1. The zero-order chi connectivity index (χ0) is 13.3. The van der Waals surface area contributed by atoms with E-state index in [0.29, 0.717) is 6.54 Å². The summed E-state index contributed by atoms with van der Waals surface area (Å²) in [5.74, 6) is 0. The van der Waals surface area contributed by atoms with Gasteiger partial charge in [0.15, 0.2) is 0 Å². The Morgan fingerprint density at radius 3 is 2.67 bits per heavy atom. The van der Waals surface area contributed by atoms with Gasteiger partial charge in [-0.25, -0.2) is 4.68 Å². The highest BCUT2D eigenvalue weighted by Crippen LogP contribution is 2.28. The van der Waals surface area contributed by atoms with Crippen LogP contribution in [-0.2, 0) is 6.42 Å². The molecule has 0 radical (unpaired) electrons. The van der Waals surface area contributed by atoms with Gasteiger partial charge in [0.1, 0.15) is 0 Å². The Bertz CT molecular complexity index is 578. The second-order valence-corrected chi connectivity index (χ2v) is 5.37. The summed E-state index contributed by atoms with van der Waals surface area (Å²) in [5.41, 5.74) is 9.72. The molecule has 18 heavy (non-hydrogen) atoms. The molecular weight excluding hydrogens is 314 g/mol. The quantitative estimate of drug-likeness (QED) is 0.938. The van der Waals surface area contributed by atoms with Crippen molar-refractivity contribution < 1.29 is 0 Å². The van der Waals surface area contributed by atoms with E-state index < -0.39 is 0 Å². The predicted octanol–water partition coefficient (Wildman–Crippen LogP) is 3.41. The van der Waals surface area contributed by atoms with Crippen LogP contribution in [0.3, 0.4) is 0 Å². The van der Waals surface area contributed by atoms with Crippen LogP contribution < -0.4 is 5.73 Å². The van der Waals surface area contributed by atoms with Crippen LogP contribution in [0.4, 0.5) is 0 Å². The van der Waals surface area contributed by atoms with Gasteiger partial charge in [0.05, 0.1) is 21.5 Å². The van der Waals surface area contributed by atoms with Gasteiger partial charge < -0.3 is 5.73 Å². The standard InChI is InChI=1S/C13H15BrClN3/c1-8-13(14)9(2)18(17-8)12-5-3-4-11(15)10(12)6-7-16/h3-5H,6-7,16H2,1-2H3. The fourth-order valence-electron chi connectivity index (χ4n) is 2.00. The maximum Gasteiger partial charge on any atom is 0.0743 e. The number of benzene rings is 1. The van der Waals surface area contributed by atoms with E-state index in [9.17, 15) is 0 Å². The lowest BCUT2D eigenvalue weighted by atomic mass is 10.1. The molecule has 0 bridgehead atoms. The molecule has 0 saturated carbocycles. The first-order valence-electron chi connectivity index (χ1n) is 5.75. The van der Waals surface area contributed by atoms with Crippen LogP contribution in [0.25, 0.3) is 5.69 Å². The average molecular weight is 329 g/mol. The van der Waals surface area contributed by atoms with Crippen molar-refractivity contribution >= 4 is 27.5 Å². The van der Waals surface area contributed by atoms with Gasteiger partial charge >= 0.3 is 0 Å². The van der Waals surface area contributed by atoms with E-state index in [1.807, 2.05) is 36.7 Å². The minimum Gasteiger partial charge on any atom is -0.330 e. The molecule has 5 heteroatoms. The normalized spacial score (nSPS) is 10.9. The van der Waals surface area contributed by atoms with Crippen LogP contribution in [0.5, 0.6) is 0 Å². The molecule has 0 atom stereocenters. The van der Waals surface area contributed by atoms with E-state index in [1.165, 1.54) is 0 Å². The van der Waals surface area contributed by atoms with Crippen LogP contribution >= 0.6 is 27.5 Å². The van der Waals surface area contributed by atoms with E-state index in [0.717, 1.165) is 38.6 Å². The molecule has 0 unspecified atom stereocenters. The molecule has 1 aromatic heterocycles. The molecule has 0 spiro atoms. The first kappa shape index (κ1) is 13.6. The number of hydrogen-bond donors (Lipinski definition) is 1. The molecule has 0 fully saturated rings. The molecular formula is C13H15BrClN3. The van der Waals surface area contributed by atoms with Gasteiger partial charge in [-0.15, -0.1) is 0 Å². The minimum absolute atomic E-state index is 0.567.